The van der Waals surface area contributed by atoms with Crippen LogP contribution in [0.1, 0.15) is 23.6 Å². The van der Waals surface area contributed by atoms with Crippen LogP contribution in [-0.2, 0) is 26.3 Å². The Hall–Kier alpha value is -3.72. The molecule has 4 aromatic rings. The fraction of sp³-hybridized carbons (Fsp3) is 0.321. The molecule has 9 heteroatoms. The van der Waals surface area contributed by atoms with E-state index in [1.54, 1.807) is 20.1 Å². The van der Waals surface area contributed by atoms with E-state index in [1.165, 1.54) is 31.4 Å². The second-order valence-corrected chi connectivity index (χ2v) is 8.76. The zero-order valence-corrected chi connectivity index (χ0v) is 21.2. The van der Waals surface area contributed by atoms with Crippen molar-refractivity contribution >= 4 is 27.8 Å². The normalized spacial score (nSPS) is 14.4. The Labute approximate surface area is 212 Å². The predicted molar refractivity (Wildman–Crippen MR) is 134 cm³/mol. The molecule has 0 aliphatic heterocycles. The van der Waals surface area contributed by atoms with Gasteiger partial charge in [-0.2, -0.15) is 13.2 Å². The average Bonchev–Trinajstić information content (AvgIpc) is 3.25. The van der Waals surface area contributed by atoms with Crippen molar-refractivity contribution in [2.75, 3.05) is 21.3 Å². The number of fused-ring (bicyclic) bond motifs is 3. The lowest BCUT2D eigenvalue weighted by Crippen LogP contribution is -2.52. The molecule has 6 nitrogen and oxygen atoms in total. The summed E-state index contributed by atoms with van der Waals surface area (Å²) < 4.78 is 64.5. The fourth-order valence-corrected chi connectivity index (χ4v) is 4.89. The van der Waals surface area contributed by atoms with Crippen LogP contribution in [0, 0.1) is 6.92 Å². The van der Waals surface area contributed by atoms with Crippen LogP contribution in [0.2, 0.25) is 0 Å². The van der Waals surface area contributed by atoms with Gasteiger partial charge in [0, 0.05) is 35.6 Å². The molecule has 0 aliphatic rings. The smallest absolute Gasteiger partial charge is 0.432 e. The van der Waals surface area contributed by atoms with E-state index in [0.29, 0.717) is 11.5 Å². The molecule has 37 heavy (non-hydrogen) atoms. The highest BCUT2D eigenvalue weighted by molar-refractivity contribution is 6.13. The minimum absolute atomic E-state index is 0.119. The molecule has 2 atom stereocenters. The second-order valence-electron chi connectivity index (χ2n) is 8.76. The van der Waals surface area contributed by atoms with E-state index in [4.69, 9.17) is 18.9 Å². The molecular formula is C28H28F3NO5. The number of aromatic amines is 1. The van der Waals surface area contributed by atoms with Crippen molar-refractivity contribution in [2.45, 2.75) is 38.1 Å². The highest BCUT2D eigenvalue weighted by Crippen LogP contribution is 2.46. The van der Waals surface area contributed by atoms with Crippen LogP contribution in [0.5, 0.6) is 11.5 Å². The minimum atomic E-state index is -5.05. The second kappa shape index (κ2) is 9.97. The summed E-state index contributed by atoms with van der Waals surface area (Å²) in [6.07, 6.45) is -5.86. The Morgan fingerprint density at radius 3 is 2.16 bits per heavy atom. The topological polar surface area (TPSA) is 69.8 Å². The highest BCUT2D eigenvalue weighted by atomic mass is 19.4. The van der Waals surface area contributed by atoms with E-state index < -0.39 is 23.9 Å². The molecule has 0 saturated carbocycles. The van der Waals surface area contributed by atoms with Crippen LogP contribution < -0.4 is 9.47 Å². The van der Waals surface area contributed by atoms with Crippen LogP contribution in [0.4, 0.5) is 13.2 Å². The van der Waals surface area contributed by atoms with Gasteiger partial charge in [-0.05, 0) is 25.5 Å². The van der Waals surface area contributed by atoms with Crippen LogP contribution in [0.15, 0.2) is 54.6 Å². The lowest BCUT2D eigenvalue weighted by atomic mass is 9.92. The molecule has 0 unspecified atom stereocenters. The van der Waals surface area contributed by atoms with E-state index in [9.17, 15) is 18.0 Å². The maximum atomic E-state index is 14.3. The number of alkyl halides is 3. The molecule has 0 saturated heterocycles. The largest absolute Gasteiger partial charge is 0.493 e. The van der Waals surface area contributed by atoms with Gasteiger partial charge in [0.05, 0.1) is 25.1 Å². The van der Waals surface area contributed by atoms with Gasteiger partial charge in [0.15, 0.2) is 11.5 Å². The van der Waals surface area contributed by atoms with E-state index in [1.807, 2.05) is 31.2 Å². The Morgan fingerprint density at radius 1 is 0.946 bits per heavy atom. The quantitative estimate of drug-likeness (QED) is 0.282. The van der Waals surface area contributed by atoms with Gasteiger partial charge >= 0.3 is 12.1 Å². The molecule has 0 fully saturated rings. The van der Waals surface area contributed by atoms with Crippen molar-refractivity contribution in [3.8, 4) is 11.5 Å². The molecule has 0 amide bonds. The summed E-state index contributed by atoms with van der Waals surface area (Å²) in [7, 11) is 3.92. The van der Waals surface area contributed by atoms with Crippen molar-refractivity contribution in [3.05, 3.63) is 71.3 Å². The van der Waals surface area contributed by atoms with Crippen molar-refractivity contribution < 1.29 is 36.9 Å². The summed E-state index contributed by atoms with van der Waals surface area (Å²) in [6.45, 7) is 3.37. The summed E-state index contributed by atoms with van der Waals surface area (Å²) in [5, 5.41) is 1.68. The average molecular weight is 516 g/mol. The van der Waals surface area contributed by atoms with E-state index in [2.05, 4.69) is 4.98 Å². The maximum Gasteiger partial charge on any atom is 0.432 e. The molecule has 0 spiro atoms. The fourth-order valence-electron chi connectivity index (χ4n) is 4.89. The standard InChI is InChI=1S/C28H28F3NO5/c1-16(37-26(33)27(36-5,28(29,30)31)18-11-7-6-8-12-18)15-20-17(2)24(34-3)25(35-4)22-19-13-9-10-14-21(19)32-23(20)22/h6-14,16,32H,15H2,1-5H3/t16-,27+/m1/s1. The number of methoxy groups -OCH3 is 3. The van der Waals surface area contributed by atoms with Gasteiger partial charge in [-0.25, -0.2) is 4.79 Å². The molecule has 0 bridgehead atoms. The minimum Gasteiger partial charge on any atom is -0.493 e. The summed E-state index contributed by atoms with van der Waals surface area (Å²) in [5.41, 5.74) is -0.574. The summed E-state index contributed by atoms with van der Waals surface area (Å²) >= 11 is 0. The van der Waals surface area contributed by atoms with Gasteiger partial charge in [0.1, 0.15) is 6.10 Å². The number of para-hydroxylation sites is 1. The number of esters is 1. The predicted octanol–water partition coefficient (Wildman–Crippen LogP) is 6.23. The molecule has 1 N–H and O–H groups in total. The highest BCUT2D eigenvalue weighted by Gasteiger charge is 2.64. The van der Waals surface area contributed by atoms with Gasteiger partial charge in [-0.1, -0.05) is 48.5 Å². The molecule has 0 aliphatic carbocycles. The lowest BCUT2D eigenvalue weighted by Gasteiger charge is -2.33. The number of H-pyrrole nitrogens is 1. The van der Waals surface area contributed by atoms with Crippen LogP contribution in [-0.4, -0.2) is 44.6 Å². The molecular weight excluding hydrogens is 487 g/mol. The summed E-state index contributed by atoms with van der Waals surface area (Å²) in [6, 6.07) is 14.4. The van der Waals surface area contributed by atoms with Crippen LogP contribution in [0.3, 0.4) is 0 Å². The molecule has 1 aromatic heterocycles. The van der Waals surface area contributed by atoms with Crippen molar-refractivity contribution in [1.82, 2.24) is 4.98 Å². The van der Waals surface area contributed by atoms with Crippen LogP contribution in [0.25, 0.3) is 21.8 Å². The zero-order valence-electron chi connectivity index (χ0n) is 21.2. The van der Waals surface area contributed by atoms with Gasteiger partial charge in [0.2, 0.25) is 0 Å². The third-order valence-electron chi connectivity index (χ3n) is 6.62. The van der Waals surface area contributed by atoms with Gasteiger partial charge in [-0.3, -0.25) is 0 Å². The number of ether oxygens (including phenoxy) is 4. The number of hydrogen-bond acceptors (Lipinski definition) is 5. The first-order chi connectivity index (χ1) is 17.6. The van der Waals surface area contributed by atoms with Crippen molar-refractivity contribution in [1.29, 1.82) is 0 Å². The molecule has 4 rings (SSSR count). The SMILES string of the molecule is COc1c(C)c(C[C@@H](C)OC(=O)[C@@](OC)(c2ccccc2)C(F)(F)F)c2[nH]c3ccccc3c2c1OC. The number of aromatic nitrogens is 1. The van der Waals surface area contributed by atoms with Crippen molar-refractivity contribution in [2.24, 2.45) is 0 Å². The third kappa shape index (κ3) is 4.27. The Bertz CT molecular complexity index is 1430. The summed E-state index contributed by atoms with van der Waals surface area (Å²) in [4.78, 5) is 16.5. The Kier molecular flexibility index (Phi) is 7.10. The lowest BCUT2D eigenvalue weighted by molar-refractivity contribution is -0.278. The van der Waals surface area contributed by atoms with Crippen LogP contribution >= 0.6 is 0 Å². The van der Waals surface area contributed by atoms with Gasteiger partial charge < -0.3 is 23.9 Å². The number of benzene rings is 3. The number of hydrogen-bond donors (Lipinski definition) is 1. The number of nitrogens with one attached hydrogen (secondary N) is 1. The number of halogens is 3. The first-order valence-corrected chi connectivity index (χ1v) is 11.6. The summed E-state index contributed by atoms with van der Waals surface area (Å²) in [5.74, 6) is -0.494. The first kappa shape index (κ1) is 26.3. The Morgan fingerprint density at radius 2 is 1.57 bits per heavy atom. The number of carbonyl (C=O) groups excluding carboxylic acids is 1. The van der Waals surface area contributed by atoms with Gasteiger partial charge in [0.25, 0.3) is 5.60 Å². The molecule has 0 radical (unpaired) electrons. The van der Waals surface area contributed by atoms with Gasteiger partial charge in [-0.15, -0.1) is 0 Å². The monoisotopic (exact) mass is 515 g/mol. The molecule has 1 heterocycles. The molecule has 3 aromatic carbocycles. The van der Waals surface area contributed by atoms with E-state index in [-0.39, 0.29) is 12.0 Å². The number of rotatable bonds is 8. The van der Waals surface area contributed by atoms with E-state index >= 15 is 0 Å². The van der Waals surface area contributed by atoms with Crippen molar-refractivity contribution in [3.63, 3.8) is 0 Å². The molecule has 196 valence electrons. The zero-order chi connectivity index (χ0) is 27.0. The Balaban J connectivity index is 1.77. The first-order valence-electron chi connectivity index (χ1n) is 11.6. The van der Waals surface area contributed by atoms with E-state index in [0.717, 1.165) is 40.0 Å². The third-order valence-corrected chi connectivity index (χ3v) is 6.62. The maximum absolute atomic E-state index is 14.3. The number of carbonyl (C=O) groups is 1.